The van der Waals surface area contributed by atoms with Crippen LogP contribution in [0.5, 0.6) is 0 Å². The van der Waals surface area contributed by atoms with E-state index in [4.69, 9.17) is 9.68 Å². The second kappa shape index (κ2) is 7.88. The summed E-state index contributed by atoms with van der Waals surface area (Å²) in [5.74, 6) is 0. The van der Waals surface area contributed by atoms with Gasteiger partial charge in [-0.15, -0.1) is 0 Å². The normalized spacial score (nSPS) is 31.3. The van der Waals surface area contributed by atoms with Crippen molar-refractivity contribution < 1.29 is 9.68 Å². The van der Waals surface area contributed by atoms with Crippen molar-refractivity contribution in [3.63, 3.8) is 0 Å². The Bertz CT molecular complexity index is 687. The lowest BCUT2D eigenvalue weighted by atomic mass is 9.81. The van der Waals surface area contributed by atoms with Crippen LogP contribution < -0.4 is 0 Å². The lowest BCUT2D eigenvalue weighted by molar-refractivity contribution is -0.233. The van der Waals surface area contributed by atoms with Gasteiger partial charge in [0.2, 0.25) is 0 Å². The second-order valence-corrected chi connectivity index (χ2v) is 12.1. The number of rotatable bonds is 4. The zero-order valence-electron chi connectivity index (χ0n) is 21.0. The van der Waals surface area contributed by atoms with Gasteiger partial charge in [0.25, 0.3) is 0 Å². The minimum Gasteiger partial charge on any atom is -0.288 e. The highest BCUT2D eigenvalue weighted by Gasteiger charge is 2.47. The second-order valence-electron chi connectivity index (χ2n) is 12.1. The van der Waals surface area contributed by atoms with E-state index in [-0.39, 0.29) is 22.0 Å². The van der Waals surface area contributed by atoms with Crippen molar-refractivity contribution in [3.8, 4) is 0 Å². The van der Waals surface area contributed by atoms with E-state index in [1.54, 1.807) is 0 Å². The van der Waals surface area contributed by atoms with Gasteiger partial charge in [0.15, 0.2) is 0 Å². The van der Waals surface area contributed by atoms with Gasteiger partial charge >= 0.3 is 0 Å². The van der Waals surface area contributed by atoms with Crippen LogP contribution in [0.15, 0.2) is 24.3 Å². The maximum atomic E-state index is 6.66. The summed E-state index contributed by atoms with van der Waals surface area (Å²) in [5, 5.41) is 4.39. The largest absolute Gasteiger partial charge is 0.288 e. The smallest absolute Gasteiger partial charge is 0.114 e. The zero-order chi connectivity index (χ0) is 22.5. The molecular formula is C26H44N2O2. The first-order chi connectivity index (χ1) is 13.7. The molecule has 0 bridgehead atoms. The molecule has 0 aromatic heterocycles. The van der Waals surface area contributed by atoms with E-state index in [0.29, 0.717) is 12.1 Å². The molecule has 1 aromatic carbocycles. The average molecular weight is 417 g/mol. The third kappa shape index (κ3) is 4.48. The van der Waals surface area contributed by atoms with Crippen LogP contribution in [0, 0.1) is 10.8 Å². The first-order valence-corrected chi connectivity index (χ1v) is 11.7. The molecule has 0 radical (unpaired) electrons. The lowest BCUT2D eigenvalue weighted by Gasteiger charge is -2.38. The first kappa shape index (κ1) is 23.7. The molecule has 0 N–H and O–H groups in total. The Labute approximate surface area is 184 Å². The Balaban J connectivity index is 1.87. The fraction of sp³-hybridized carbons (Fsp3) is 0.769. The molecule has 2 aliphatic rings. The molecule has 0 amide bonds. The number of hydroxylamine groups is 4. The van der Waals surface area contributed by atoms with Crippen molar-refractivity contribution in [1.29, 1.82) is 0 Å². The van der Waals surface area contributed by atoms with Gasteiger partial charge in [0.1, 0.15) is 11.2 Å². The summed E-state index contributed by atoms with van der Waals surface area (Å²) in [4.78, 5) is 13.3. The summed E-state index contributed by atoms with van der Waals surface area (Å²) < 4.78 is 0. The number of hydrogen-bond donors (Lipinski definition) is 0. The maximum Gasteiger partial charge on any atom is 0.114 e. The van der Waals surface area contributed by atoms with Crippen molar-refractivity contribution in [2.24, 2.45) is 10.8 Å². The fourth-order valence-electron chi connectivity index (χ4n) is 4.53. The molecule has 4 heteroatoms. The molecule has 0 saturated carbocycles. The lowest BCUT2D eigenvalue weighted by Crippen LogP contribution is -2.41. The van der Waals surface area contributed by atoms with Gasteiger partial charge in [-0.3, -0.25) is 9.68 Å². The van der Waals surface area contributed by atoms with Crippen LogP contribution in [-0.2, 0) is 20.9 Å². The predicted molar refractivity (Wildman–Crippen MR) is 124 cm³/mol. The van der Waals surface area contributed by atoms with E-state index < -0.39 is 0 Å². The molecule has 4 nitrogen and oxygen atoms in total. The van der Waals surface area contributed by atoms with Gasteiger partial charge in [-0.05, 0) is 62.5 Å². The van der Waals surface area contributed by atoms with Gasteiger partial charge in [0, 0.05) is 25.2 Å². The molecule has 1 aromatic rings. The van der Waals surface area contributed by atoms with Gasteiger partial charge in [-0.2, -0.15) is 10.1 Å². The van der Waals surface area contributed by atoms with Crippen molar-refractivity contribution in [2.45, 2.75) is 105 Å². The van der Waals surface area contributed by atoms with E-state index >= 15 is 0 Å². The molecule has 3 rings (SSSR count). The highest BCUT2D eigenvalue weighted by atomic mass is 16.7. The van der Waals surface area contributed by atoms with E-state index in [1.165, 1.54) is 11.1 Å². The summed E-state index contributed by atoms with van der Waals surface area (Å²) in [6.07, 6.45) is 1.98. The monoisotopic (exact) mass is 416 g/mol. The molecule has 170 valence electrons. The van der Waals surface area contributed by atoms with E-state index in [9.17, 15) is 0 Å². The SMILES string of the molecule is CC(N1CCC(C)(c2ccccc2C2(C)CCN(C(C)C(C)(C)C)O2)O1)C(C)(C)C. The standard InChI is InChI=1S/C26H44N2O2/c1-19(23(3,4)5)27-17-15-25(9,29-27)21-13-11-12-14-22(21)26(10)16-18-28(30-26)20(2)24(6,7)8/h11-14,19-20H,15-18H2,1-10H3. The Morgan fingerprint density at radius 3 is 1.37 bits per heavy atom. The first-order valence-electron chi connectivity index (χ1n) is 11.7. The van der Waals surface area contributed by atoms with Crippen LogP contribution in [0.25, 0.3) is 0 Å². The van der Waals surface area contributed by atoms with Gasteiger partial charge in [-0.1, -0.05) is 65.8 Å². The molecular weight excluding hydrogens is 372 g/mol. The van der Waals surface area contributed by atoms with Crippen molar-refractivity contribution in [1.82, 2.24) is 10.1 Å². The topological polar surface area (TPSA) is 24.9 Å². The molecule has 2 aliphatic heterocycles. The van der Waals surface area contributed by atoms with Crippen LogP contribution in [-0.4, -0.2) is 35.3 Å². The van der Waals surface area contributed by atoms with Crippen LogP contribution in [0.4, 0.5) is 0 Å². The Morgan fingerprint density at radius 1 is 0.733 bits per heavy atom. The molecule has 4 atom stereocenters. The van der Waals surface area contributed by atoms with Crippen molar-refractivity contribution >= 4 is 0 Å². The summed E-state index contributed by atoms with van der Waals surface area (Å²) in [5.41, 5.74) is 2.23. The van der Waals surface area contributed by atoms with Crippen molar-refractivity contribution in [3.05, 3.63) is 35.4 Å². The highest BCUT2D eigenvalue weighted by Crippen LogP contribution is 2.46. The summed E-state index contributed by atoms with van der Waals surface area (Å²) in [6.45, 7) is 24.6. The number of nitrogens with zero attached hydrogens (tertiary/aromatic N) is 2. The minimum atomic E-state index is -0.328. The van der Waals surface area contributed by atoms with Crippen molar-refractivity contribution in [2.75, 3.05) is 13.1 Å². The van der Waals surface area contributed by atoms with Crippen LogP contribution in [0.2, 0.25) is 0 Å². The molecule has 2 heterocycles. The summed E-state index contributed by atoms with van der Waals surface area (Å²) in [7, 11) is 0. The molecule has 0 aliphatic carbocycles. The van der Waals surface area contributed by atoms with Gasteiger partial charge in [-0.25, -0.2) is 0 Å². The number of benzene rings is 1. The van der Waals surface area contributed by atoms with Gasteiger partial charge in [0.05, 0.1) is 0 Å². The Morgan fingerprint density at radius 2 is 1.07 bits per heavy atom. The molecule has 2 fully saturated rings. The fourth-order valence-corrected chi connectivity index (χ4v) is 4.53. The van der Waals surface area contributed by atoms with E-state index in [2.05, 4.69) is 104 Å². The van der Waals surface area contributed by atoms with Crippen LogP contribution >= 0.6 is 0 Å². The predicted octanol–water partition coefficient (Wildman–Crippen LogP) is 6.26. The molecule has 30 heavy (non-hydrogen) atoms. The Hall–Kier alpha value is -0.940. The molecule has 2 saturated heterocycles. The molecule has 0 spiro atoms. The number of hydrogen-bond acceptors (Lipinski definition) is 4. The summed E-state index contributed by atoms with van der Waals surface area (Å²) in [6, 6.07) is 9.46. The summed E-state index contributed by atoms with van der Waals surface area (Å²) >= 11 is 0. The van der Waals surface area contributed by atoms with E-state index in [1.807, 2.05) is 0 Å². The minimum absolute atomic E-state index is 0.176. The Kier molecular flexibility index (Phi) is 6.23. The van der Waals surface area contributed by atoms with Crippen LogP contribution in [0.1, 0.15) is 93.2 Å². The zero-order valence-corrected chi connectivity index (χ0v) is 21.0. The highest BCUT2D eigenvalue weighted by molar-refractivity contribution is 5.37. The average Bonchev–Trinajstić information content (AvgIpc) is 3.24. The maximum absolute atomic E-state index is 6.66. The van der Waals surface area contributed by atoms with Gasteiger partial charge < -0.3 is 0 Å². The third-order valence-corrected chi connectivity index (χ3v) is 7.69. The third-order valence-electron chi connectivity index (χ3n) is 7.69. The van der Waals surface area contributed by atoms with Crippen LogP contribution in [0.3, 0.4) is 0 Å². The molecule has 4 unspecified atom stereocenters. The quantitative estimate of drug-likeness (QED) is 0.578. The van der Waals surface area contributed by atoms with E-state index in [0.717, 1.165) is 25.9 Å².